The minimum atomic E-state index is -0.0461. The van der Waals surface area contributed by atoms with Crippen LogP contribution in [-0.2, 0) is 4.74 Å². The lowest BCUT2D eigenvalue weighted by Crippen LogP contribution is -2.29. The fraction of sp³-hybridized carbons (Fsp3) is 0.381. The van der Waals surface area contributed by atoms with E-state index in [1.807, 2.05) is 50.4 Å². The SMILES string of the molecule is CC(c1ccc(Cl)cc1)N(C)C(=O)c1ccc(OCC2CCCO2)cc1. The van der Waals surface area contributed by atoms with Crippen LogP contribution in [0.15, 0.2) is 48.5 Å². The zero-order valence-electron chi connectivity index (χ0n) is 15.2. The summed E-state index contributed by atoms with van der Waals surface area (Å²) >= 11 is 5.94. The van der Waals surface area contributed by atoms with E-state index in [4.69, 9.17) is 21.1 Å². The lowest BCUT2D eigenvalue weighted by Gasteiger charge is -2.25. The Bertz CT molecular complexity index is 724. The van der Waals surface area contributed by atoms with Crippen LogP contribution in [0.2, 0.25) is 5.02 Å². The van der Waals surface area contributed by atoms with Gasteiger partial charge in [-0.25, -0.2) is 0 Å². The smallest absolute Gasteiger partial charge is 0.254 e. The molecule has 1 fully saturated rings. The molecular formula is C21H24ClNO3. The number of nitrogens with zero attached hydrogens (tertiary/aromatic N) is 1. The van der Waals surface area contributed by atoms with E-state index >= 15 is 0 Å². The van der Waals surface area contributed by atoms with Crippen molar-refractivity contribution in [3.63, 3.8) is 0 Å². The molecule has 1 amide bonds. The fourth-order valence-electron chi connectivity index (χ4n) is 3.00. The number of carbonyl (C=O) groups is 1. The Morgan fingerprint density at radius 1 is 1.23 bits per heavy atom. The summed E-state index contributed by atoms with van der Waals surface area (Å²) in [5.41, 5.74) is 1.68. The number of rotatable bonds is 6. The van der Waals surface area contributed by atoms with Crippen LogP contribution in [0.1, 0.15) is 41.7 Å². The molecule has 0 spiro atoms. The van der Waals surface area contributed by atoms with Gasteiger partial charge in [-0.3, -0.25) is 4.79 Å². The monoisotopic (exact) mass is 373 g/mol. The molecule has 0 N–H and O–H groups in total. The molecule has 1 aliphatic rings. The van der Waals surface area contributed by atoms with E-state index in [0.29, 0.717) is 17.2 Å². The number of hydrogen-bond donors (Lipinski definition) is 0. The highest BCUT2D eigenvalue weighted by Crippen LogP contribution is 2.23. The van der Waals surface area contributed by atoms with E-state index in [-0.39, 0.29) is 18.1 Å². The van der Waals surface area contributed by atoms with E-state index in [1.165, 1.54) is 0 Å². The predicted molar refractivity (Wildman–Crippen MR) is 103 cm³/mol. The molecule has 1 aliphatic heterocycles. The minimum Gasteiger partial charge on any atom is -0.491 e. The highest BCUT2D eigenvalue weighted by atomic mass is 35.5. The van der Waals surface area contributed by atoms with Crippen molar-refractivity contribution in [3.05, 3.63) is 64.7 Å². The van der Waals surface area contributed by atoms with Crippen LogP contribution in [0.3, 0.4) is 0 Å². The highest BCUT2D eigenvalue weighted by molar-refractivity contribution is 6.30. The van der Waals surface area contributed by atoms with Crippen molar-refractivity contribution in [2.45, 2.75) is 31.9 Å². The quantitative estimate of drug-likeness (QED) is 0.734. The summed E-state index contributed by atoms with van der Waals surface area (Å²) in [5.74, 6) is 0.726. The Balaban J connectivity index is 1.60. The van der Waals surface area contributed by atoms with Gasteiger partial charge in [0.1, 0.15) is 12.4 Å². The highest BCUT2D eigenvalue weighted by Gasteiger charge is 2.19. The molecule has 0 radical (unpaired) electrons. The molecule has 2 aromatic carbocycles. The van der Waals surface area contributed by atoms with E-state index in [1.54, 1.807) is 17.0 Å². The van der Waals surface area contributed by atoms with Crippen molar-refractivity contribution < 1.29 is 14.3 Å². The first kappa shape index (κ1) is 18.7. The summed E-state index contributed by atoms with van der Waals surface area (Å²) < 4.78 is 11.3. The number of benzene rings is 2. The molecule has 0 saturated carbocycles. The number of halogens is 1. The second-order valence-corrected chi connectivity index (χ2v) is 7.05. The van der Waals surface area contributed by atoms with Crippen LogP contribution in [0.25, 0.3) is 0 Å². The largest absolute Gasteiger partial charge is 0.491 e. The summed E-state index contributed by atoms with van der Waals surface area (Å²) in [6, 6.07) is 14.8. The van der Waals surface area contributed by atoms with E-state index in [2.05, 4.69) is 0 Å². The maximum atomic E-state index is 12.7. The molecule has 2 atom stereocenters. The maximum Gasteiger partial charge on any atom is 0.254 e. The van der Waals surface area contributed by atoms with E-state index < -0.39 is 0 Å². The number of ether oxygens (including phenoxy) is 2. The zero-order valence-corrected chi connectivity index (χ0v) is 15.9. The van der Waals surface area contributed by atoms with Gasteiger partial charge in [-0.15, -0.1) is 0 Å². The molecule has 26 heavy (non-hydrogen) atoms. The molecule has 4 nitrogen and oxygen atoms in total. The molecule has 5 heteroatoms. The van der Waals surface area contributed by atoms with Crippen LogP contribution in [0.5, 0.6) is 5.75 Å². The lowest BCUT2D eigenvalue weighted by molar-refractivity contribution is 0.0678. The van der Waals surface area contributed by atoms with Crippen LogP contribution in [0.4, 0.5) is 0 Å². The van der Waals surface area contributed by atoms with Crippen LogP contribution in [-0.4, -0.2) is 37.2 Å². The van der Waals surface area contributed by atoms with Crippen molar-refractivity contribution >= 4 is 17.5 Å². The number of amides is 1. The molecule has 0 bridgehead atoms. The molecule has 0 aromatic heterocycles. The van der Waals surface area contributed by atoms with Gasteiger partial charge in [0.15, 0.2) is 0 Å². The second kappa shape index (κ2) is 8.56. The standard InChI is InChI=1S/C21H24ClNO3/c1-15(16-5-9-18(22)10-6-16)23(2)21(24)17-7-11-19(12-8-17)26-14-20-4-3-13-25-20/h5-12,15,20H,3-4,13-14H2,1-2H3. The van der Waals surface area contributed by atoms with Crippen molar-refractivity contribution in [3.8, 4) is 5.75 Å². The average Bonchev–Trinajstić information content (AvgIpc) is 3.19. The molecule has 2 unspecified atom stereocenters. The number of carbonyl (C=O) groups excluding carboxylic acids is 1. The fourth-order valence-corrected chi connectivity index (χ4v) is 3.13. The Labute approximate surface area is 159 Å². The summed E-state index contributed by atoms with van der Waals surface area (Å²) in [6.45, 7) is 3.38. The Morgan fingerprint density at radius 3 is 2.54 bits per heavy atom. The summed E-state index contributed by atoms with van der Waals surface area (Å²) in [4.78, 5) is 14.5. The van der Waals surface area contributed by atoms with E-state index in [0.717, 1.165) is 30.8 Å². The first-order valence-electron chi connectivity index (χ1n) is 8.91. The van der Waals surface area contributed by atoms with Gasteiger partial charge in [0.05, 0.1) is 12.1 Å². The van der Waals surface area contributed by atoms with Gasteiger partial charge in [-0.05, 0) is 61.7 Å². The third kappa shape index (κ3) is 4.57. The van der Waals surface area contributed by atoms with Gasteiger partial charge in [0.2, 0.25) is 0 Å². The Morgan fingerprint density at radius 2 is 1.92 bits per heavy atom. The predicted octanol–water partition coefficient (Wildman–Crippen LogP) is 4.73. The van der Waals surface area contributed by atoms with Crippen molar-refractivity contribution in [2.75, 3.05) is 20.3 Å². The van der Waals surface area contributed by atoms with Crippen molar-refractivity contribution in [1.82, 2.24) is 4.90 Å². The van der Waals surface area contributed by atoms with Gasteiger partial charge in [0, 0.05) is 24.2 Å². The normalized spacial score (nSPS) is 17.7. The molecule has 2 aromatic rings. The molecule has 1 heterocycles. The topological polar surface area (TPSA) is 38.8 Å². The van der Waals surface area contributed by atoms with Crippen LogP contribution < -0.4 is 4.74 Å². The number of hydrogen-bond acceptors (Lipinski definition) is 3. The molecule has 1 saturated heterocycles. The summed E-state index contributed by atoms with van der Waals surface area (Å²) in [6.07, 6.45) is 2.33. The van der Waals surface area contributed by atoms with Gasteiger partial charge in [-0.2, -0.15) is 0 Å². The van der Waals surface area contributed by atoms with Crippen molar-refractivity contribution in [1.29, 1.82) is 0 Å². The Hall–Kier alpha value is -2.04. The molecular weight excluding hydrogens is 350 g/mol. The molecule has 138 valence electrons. The van der Waals surface area contributed by atoms with Crippen LogP contribution in [0, 0.1) is 0 Å². The summed E-state index contributed by atoms with van der Waals surface area (Å²) in [7, 11) is 1.81. The average molecular weight is 374 g/mol. The first-order valence-corrected chi connectivity index (χ1v) is 9.29. The summed E-state index contributed by atoms with van der Waals surface area (Å²) in [5, 5.41) is 0.688. The van der Waals surface area contributed by atoms with E-state index in [9.17, 15) is 4.79 Å². The zero-order chi connectivity index (χ0) is 18.5. The third-order valence-electron chi connectivity index (χ3n) is 4.81. The Kier molecular flexibility index (Phi) is 6.17. The lowest BCUT2D eigenvalue weighted by atomic mass is 10.1. The van der Waals surface area contributed by atoms with Gasteiger partial charge >= 0.3 is 0 Å². The first-order chi connectivity index (χ1) is 12.5. The van der Waals surface area contributed by atoms with Crippen LogP contribution >= 0.6 is 11.6 Å². The molecule has 3 rings (SSSR count). The second-order valence-electron chi connectivity index (χ2n) is 6.61. The van der Waals surface area contributed by atoms with Gasteiger partial charge in [0.25, 0.3) is 5.91 Å². The minimum absolute atomic E-state index is 0.0295. The molecule has 0 aliphatic carbocycles. The van der Waals surface area contributed by atoms with Gasteiger partial charge in [-0.1, -0.05) is 23.7 Å². The van der Waals surface area contributed by atoms with Gasteiger partial charge < -0.3 is 14.4 Å². The van der Waals surface area contributed by atoms with Crippen molar-refractivity contribution in [2.24, 2.45) is 0 Å². The third-order valence-corrected chi connectivity index (χ3v) is 5.07. The maximum absolute atomic E-state index is 12.7.